The van der Waals surface area contributed by atoms with Crippen LogP contribution >= 0.6 is 0 Å². The highest BCUT2D eigenvalue weighted by Gasteiger charge is 2.53. The summed E-state index contributed by atoms with van der Waals surface area (Å²) in [4.78, 5) is 26.9. The van der Waals surface area contributed by atoms with Gasteiger partial charge in [-0.05, 0) is 36.0 Å². The second-order valence-corrected chi connectivity index (χ2v) is 6.22. The van der Waals surface area contributed by atoms with Crippen molar-refractivity contribution in [3.63, 3.8) is 0 Å². The molecular weight excluding hydrogens is 288 g/mol. The Labute approximate surface area is 135 Å². The Bertz CT molecular complexity index is 772. The van der Waals surface area contributed by atoms with Crippen LogP contribution in [0.4, 0.5) is 4.79 Å². The number of nitrogens with zero attached hydrogens (tertiary/aromatic N) is 1. The summed E-state index contributed by atoms with van der Waals surface area (Å²) in [6.07, 6.45) is 2.53. The Balaban J connectivity index is 1.71. The minimum atomic E-state index is -0.874. The van der Waals surface area contributed by atoms with Crippen LogP contribution in [-0.4, -0.2) is 16.8 Å². The van der Waals surface area contributed by atoms with E-state index >= 15 is 0 Å². The maximum absolute atomic E-state index is 13.1. The number of urea groups is 1. The minimum Gasteiger partial charge on any atom is -0.319 e. The van der Waals surface area contributed by atoms with Crippen molar-refractivity contribution in [2.45, 2.75) is 31.3 Å². The third-order valence-electron chi connectivity index (χ3n) is 4.83. The lowest BCUT2D eigenvalue weighted by molar-refractivity contribution is -0.132. The van der Waals surface area contributed by atoms with Gasteiger partial charge in [-0.25, -0.2) is 4.79 Å². The van der Waals surface area contributed by atoms with Crippen LogP contribution in [0.5, 0.6) is 0 Å². The fraction of sp³-hybridized carbons (Fsp3) is 0.263. The smallest absolute Gasteiger partial charge is 0.319 e. The van der Waals surface area contributed by atoms with Gasteiger partial charge in [0.15, 0.2) is 0 Å². The molecule has 1 spiro atoms. The Hall–Kier alpha value is -2.62. The molecule has 1 aliphatic heterocycles. The molecule has 1 unspecified atom stereocenters. The molecule has 4 heteroatoms. The molecule has 1 saturated heterocycles. The number of hydrogen-bond acceptors (Lipinski definition) is 2. The predicted octanol–water partition coefficient (Wildman–Crippen LogP) is 2.97. The summed E-state index contributed by atoms with van der Waals surface area (Å²) in [5.74, 6) is -0.126. The molecule has 23 heavy (non-hydrogen) atoms. The zero-order valence-corrected chi connectivity index (χ0v) is 12.8. The summed E-state index contributed by atoms with van der Waals surface area (Å²) in [6.45, 7) is 0.315. The van der Waals surface area contributed by atoms with Crippen LogP contribution in [0.3, 0.4) is 0 Å². The van der Waals surface area contributed by atoms with Gasteiger partial charge in [0.2, 0.25) is 0 Å². The van der Waals surface area contributed by atoms with Crippen molar-refractivity contribution in [1.29, 1.82) is 0 Å². The molecule has 4 rings (SSSR count). The monoisotopic (exact) mass is 306 g/mol. The van der Waals surface area contributed by atoms with E-state index in [0.717, 1.165) is 29.5 Å². The summed E-state index contributed by atoms with van der Waals surface area (Å²) < 4.78 is 0. The molecule has 3 amide bonds. The van der Waals surface area contributed by atoms with Gasteiger partial charge in [0, 0.05) is 0 Å². The lowest BCUT2D eigenvalue weighted by Gasteiger charge is -2.33. The van der Waals surface area contributed by atoms with Crippen LogP contribution < -0.4 is 5.32 Å². The number of rotatable bonds is 2. The van der Waals surface area contributed by atoms with Crippen molar-refractivity contribution < 1.29 is 9.59 Å². The molecule has 2 aromatic carbocycles. The van der Waals surface area contributed by atoms with E-state index in [9.17, 15) is 9.59 Å². The number of carbonyl (C=O) groups is 2. The number of benzene rings is 2. The van der Waals surface area contributed by atoms with Crippen LogP contribution in [0.15, 0.2) is 54.6 Å². The SMILES string of the molecule is O=C1NC2(CCCc3ccccc32)C(=O)N1Cc1ccccc1. The van der Waals surface area contributed by atoms with E-state index < -0.39 is 5.54 Å². The quantitative estimate of drug-likeness (QED) is 0.867. The molecule has 0 aromatic heterocycles. The molecule has 1 aliphatic carbocycles. The Morgan fingerprint density at radius 3 is 2.57 bits per heavy atom. The summed E-state index contributed by atoms with van der Waals surface area (Å²) in [5, 5.41) is 2.98. The van der Waals surface area contributed by atoms with E-state index in [1.807, 2.05) is 48.5 Å². The minimum absolute atomic E-state index is 0.126. The third kappa shape index (κ3) is 2.13. The largest absolute Gasteiger partial charge is 0.325 e. The Morgan fingerprint density at radius 1 is 1.00 bits per heavy atom. The summed E-state index contributed by atoms with van der Waals surface area (Å²) in [7, 11) is 0. The lowest BCUT2D eigenvalue weighted by Crippen LogP contribution is -2.46. The lowest BCUT2D eigenvalue weighted by atomic mass is 9.76. The molecule has 116 valence electrons. The van der Waals surface area contributed by atoms with Crippen molar-refractivity contribution in [2.24, 2.45) is 0 Å². The van der Waals surface area contributed by atoms with Gasteiger partial charge < -0.3 is 5.32 Å². The number of amides is 3. The van der Waals surface area contributed by atoms with Crippen LogP contribution in [0, 0.1) is 0 Å². The molecule has 0 saturated carbocycles. The fourth-order valence-corrected chi connectivity index (χ4v) is 3.72. The summed E-state index contributed by atoms with van der Waals surface area (Å²) in [6, 6.07) is 17.3. The van der Waals surface area contributed by atoms with E-state index in [1.54, 1.807) is 0 Å². The molecule has 2 aromatic rings. The molecule has 0 radical (unpaired) electrons. The van der Waals surface area contributed by atoms with Gasteiger partial charge in [-0.1, -0.05) is 54.6 Å². The number of nitrogens with one attached hydrogen (secondary N) is 1. The Kier molecular flexibility index (Phi) is 3.18. The van der Waals surface area contributed by atoms with Crippen molar-refractivity contribution in [2.75, 3.05) is 0 Å². The molecule has 1 N–H and O–H groups in total. The van der Waals surface area contributed by atoms with Crippen LogP contribution in [0.2, 0.25) is 0 Å². The van der Waals surface area contributed by atoms with Gasteiger partial charge in [-0.15, -0.1) is 0 Å². The van der Waals surface area contributed by atoms with Crippen molar-refractivity contribution in [3.05, 3.63) is 71.3 Å². The molecular formula is C19H18N2O2. The fourth-order valence-electron chi connectivity index (χ4n) is 3.72. The Morgan fingerprint density at radius 2 is 1.74 bits per heavy atom. The van der Waals surface area contributed by atoms with E-state index in [2.05, 4.69) is 11.4 Å². The van der Waals surface area contributed by atoms with E-state index in [4.69, 9.17) is 0 Å². The molecule has 2 aliphatic rings. The summed E-state index contributed by atoms with van der Waals surface area (Å²) in [5.41, 5.74) is 2.20. The number of carbonyl (C=O) groups excluding carboxylic acids is 2. The standard InChI is InChI=1S/C19H18N2O2/c22-17-19(12-6-10-15-9-4-5-11-16(15)19)20-18(23)21(17)13-14-7-2-1-3-8-14/h1-5,7-9,11H,6,10,12-13H2,(H,20,23). The third-order valence-corrected chi connectivity index (χ3v) is 4.83. The molecule has 1 heterocycles. The van der Waals surface area contributed by atoms with Crippen LogP contribution in [0.1, 0.15) is 29.5 Å². The predicted molar refractivity (Wildman–Crippen MR) is 86.6 cm³/mol. The number of fused-ring (bicyclic) bond motifs is 2. The first kappa shape index (κ1) is 14.0. The number of hydrogen-bond donors (Lipinski definition) is 1. The maximum Gasteiger partial charge on any atom is 0.325 e. The highest BCUT2D eigenvalue weighted by molar-refractivity contribution is 6.07. The van der Waals surface area contributed by atoms with Gasteiger partial charge in [0.05, 0.1) is 6.54 Å². The normalized spacial score (nSPS) is 23.0. The number of aryl methyl sites for hydroxylation is 1. The number of imide groups is 1. The second-order valence-electron chi connectivity index (χ2n) is 6.22. The van der Waals surface area contributed by atoms with Crippen molar-refractivity contribution in [3.8, 4) is 0 Å². The van der Waals surface area contributed by atoms with Crippen LogP contribution in [0.25, 0.3) is 0 Å². The zero-order valence-electron chi connectivity index (χ0n) is 12.8. The zero-order chi connectivity index (χ0) is 15.9. The maximum atomic E-state index is 13.1. The summed E-state index contributed by atoms with van der Waals surface area (Å²) >= 11 is 0. The first-order valence-electron chi connectivity index (χ1n) is 7.97. The van der Waals surface area contributed by atoms with Crippen molar-refractivity contribution >= 4 is 11.9 Å². The van der Waals surface area contributed by atoms with Gasteiger partial charge >= 0.3 is 6.03 Å². The topological polar surface area (TPSA) is 49.4 Å². The first-order valence-corrected chi connectivity index (χ1v) is 7.97. The first-order chi connectivity index (χ1) is 11.2. The highest BCUT2D eigenvalue weighted by Crippen LogP contribution is 2.40. The van der Waals surface area contributed by atoms with Crippen LogP contribution in [-0.2, 0) is 23.3 Å². The second kappa shape index (κ2) is 5.23. The van der Waals surface area contributed by atoms with E-state index in [-0.39, 0.29) is 11.9 Å². The van der Waals surface area contributed by atoms with Gasteiger partial charge in [0.1, 0.15) is 5.54 Å². The molecule has 1 fully saturated rings. The molecule has 4 nitrogen and oxygen atoms in total. The van der Waals surface area contributed by atoms with Crippen molar-refractivity contribution in [1.82, 2.24) is 10.2 Å². The average molecular weight is 306 g/mol. The van der Waals surface area contributed by atoms with Gasteiger partial charge in [-0.3, -0.25) is 9.69 Å². The molecule has 0 bridgehead atoms. The van der Waals surface area contributed by atoms with E-state index in [0.29, 0.717) is 13.0 Å². The van der Waals surface area contributed by atoms with E-state index in [1.165, 1.54) is 4.90 Å². The van der Waals surface area contributed by atoms with Gasteiger partial charge in [-0.2, -0.15) is 0 Å². The molecule has 1 atom stereocenters. The highest BCUT2D eigenvalue weighted by atomic mass is 16.2. The average Bonchev–Trinajstić information content (AvgIpc) is 2.81. The van der Waals surface area contributed by atoms with Gasteiger partial charge in [0.25, 0.3) is 5.91 Å².